The number of fused-ring (bicyclic) bond motifs is 1. The third-order valence-corrected chi connectivity index (χ3v) is 5.69. The number of guanidine groups is 1. The minimum Gasteiger partial charge on any atom is -0.489 e. The molecule has 0 saturated heterocycles. The molecule has 4 rings (SSSR count). The van der Waals surface area contributed by atoms with E-state index in [-0.39, 0.29) is 5.96 Å². The maximum Gasteiger partial charge on any atom is 0.212 e. The van der Waals surface area contributed by atoms with Gasteiger partial charge in [0.25, 0.3) is 0 Å². The predicted octanol–water partition coefficient (Wildman–Crippen LogP) is 4.25. The first-order valence-corrected chi connectivity index (χ1v) is 11.1. The quantitative estimate of drug-likeness (QED) is 0.291. The van der Waals surface area contributed by atoms with E-state index in [9.17, 15) is 15.6 Å². The molecule has 0 fully saturated rings. The van der Waals surface area contributed by atoms with E-state index in [4.69, 9.17) is 9.47 Å². The monoisotopic (exact) mass is 467 g/mol. The molecule has 3 aromatic rings. The summed E-state index contributed by atoms with van der Waals surface area (Å²) in [7, 11) is 0. The van der Waals surface area contributed by atoms with E-state index in [0.717, 1.165) is 5.56 Å². The number of benzene rings is 3. The Morgan fingerprint density at radius 1 is 1.09 bits per heavy atom. The zero-order valence-corrected chi connectivity index (χ0v) is 19.4. The zero-order valence-electron chi connectivity index (χ0n) is 19.4. The van der Waals surface area contributed by atoms with Crippen LogP contribution in [0.1, 0.15) is 36.6 Å². The van der Waals surface area contributed by atoms with Crippen LogP contribution in [0.3, 0.4) is 0 Å². The minimum atomic E-state index is -0.983. The number of hydrogen-bond acceptors (Lipinski definition) is 6. The average Bonchev–Trinajstić information content (AvgIpc) is 2.86. The average molecular weight is 468 g/mol. The van der Waals surface area contributed by atoms with Gasteiger partial charge in [-0.2, -0.15) is 10.5 Å². The van der Waals surface area contributed by atoms with Crippen molar-refractivity contribution in [1.82, 2.24) is 5.32 Å². The maximum absolute atomic E-state index is 11.0. The standard InChI is InChI=1S/C27H25N5O3/c1-27(2)25(33)24(22-14-19(15-28)8-13-23(22)35-27)32-26(30-17-29)31-20-9-11-21(12-10-20)34-16-18-6-4-3-5-7-18/h3-14,24-25,33H,16H2,1-2H3,(H2,30,31,32)/t24-,25+/m1/s1. The Hall–Kier alpha value is -4.53. The Balaban J connectivity index is 1.50. The number of aliphatic hydroxyl groups excluding tert-OH is 1. The van der Waals surface area contributed by atoms with Gasteiger partial charge in [0.15, 0.2) is 0 Å². The zero-order chi connectivity index (χ0) is 24.8. The Labute approximate surface area is 204 Å². The molecule has 1 aliphatic heterocycles. The molecular weight excluding hydrogens is 442 g/mol. The number of nitrogens with zero attached hydrogens (tertiary/aromatic N) is 3. The van der Waals surface area contributed by atoms with Crippen LogP contribution in [-0.2, 0) is 6.61 Å². The summed E-state index contributed by atoms with van der Waals surface area (Å²) in [4.78, 5) is 3.86. The van der Waals surface area contributed by atoms with Crippen LogP contribution in [0.2, 0.25) is 0 Å². The molecule has 8 nitrogen and oxygen atoms in total. The molecule has 0 amide bonds. The first-order valence-electron chi connectivity index (χ1n) is 11.1. The Bertz CT molecular complexity index is 1290. The molecule has 0 saturated carbocycles. The minimum absolute atomic E-state index is 0.153. The molecule has 0 radical (unpaired) electrons. The Morgan fingerprint density at radius 3 is 2.51 bits per heavy atom. The van der Waals surface area contributed by atoms with Crippen LogP contribution in [0.25, 0.3) is 0 Å². The van der Waals surface area contributed by atoms with Crippen molar-refractivity contribution in [3.63, 3.8) is 0 Å². The second kappa shape index (κ2) is 10.2. The Kier molecular flexibility index (Phi) is 6.86. The van der Waals surface area contributed by atoms with Gasteiger partial charge >= 0.3 is 0 Å². The van der Waals surface area contributed by atoms with Gasteiger partial charge in [0, 0.05) is 11.3 Å². The van der Waals surface area contributed by atoms with Gasteiger partial charge in [0.05, 0.1) is 17.7 Å². The lowest BCUT2D eigenvalue weighted by Crippen LogP contribution is -2.54. The van der Waals surface area contributed by atoms with Crippen LogP contribution in [0, 0.1) is 22.8 Å². The highest BCUT2D eigenvalue weighted by Crippen LogP contribution is 2.40. The lowest BCUT2D eigenvalue weighted by molar-refractivity contribution is -0.0610. The van der Waals surface area contributed by atoms with E-state index in [1.54, 1.807) is 50.4 Å². The summed E-state index contributed by atoms with van der Waals surface area (Å²) in [6.07, 6.45) is 0.800. The Morgan fingerprint density at radius 2 is 1.83 bits per heavy atom. The van der Waals surface area contributed by atoms with Crippen molar-refractivity contribution in [2.75, 3.05) is 5.32 Å². The number of rotatable bonds is 5. The van der Waals surface area contributed by atoms with Crippen LogP contribution in [0.15, 0.2) is 77.8 Å². The first kappa shape index (κ1) is 23.6. The number of nitrogens with one attached hydrogen (secondary N) is 2. The highest BCUT2D eigenvalue weighted by atomic mass is 16.5. The molecule has 3 N–H and O–H groups in total. The van der Waals surface area contributed by atoms with Crippen molar-refractivity contribution in [2.24, 2.45) is 4.99 Å². The number of aliphatic imine (C=N–C) groups is 1. The van der Waals surface area contributed by atoms with Crippen LogP contribution >= 0.6 is 0 Å². The number of hydrogen-bond donors (Lipinski definition) is 3. The van der Waals surface area contributed by atoms with Gasteiger partial charge in [0.2, 0.25) is 12.2 Å². The second-order valence-electron chi connectivity index (χ2n) is 8.62. The van der Waals surface area contributed by atoms with Gasteiger partial charge in [0.1, 0.15) is 29.8 Å². The normalized spacial score (nSPS) is 18.3. The lowest BCUT2D eigenvalue weighted by Gasteiger charge is -2.42. The first-order chi connectivity index (χ1) is 16.9. The molecule has 0 aromatic heterocycles. The molecule has 1 aliphatic rings. The van der Waals surface area contributed by atoms with Crippen LogP contribution in [0.4, 0.5) is 5.69 Å². The van der Waals surface area contributed by atoms with Crippen molar-refractivity contribution in [2.45, 2.75) is 38.2 Å². The molecule has 1 heterocycles. The molecule has 0 aliphatic carbocycles. The summed E-state index contributed by atoms with van der Waals surface area (Å²) in [6, 6.07) is 23.6. The molecule has 3 aromatic carbocycles. The van der Waals surface area contributed by atoms with Gasteiger partial charge in [-0.15, -0.1) is 4.99 Å². The third kappa shape index (κ3) is 5.52. The van der Waals surface area contributed by atoms with Crippen molar-refractivity contribution in [3.8, 4) is 23.8 Å². The SMILES string of the molecule is CC1(C)Oc2ccc(C#N)cc2[C@@H](NC(=NC#N)Nc2ccc(OCc3ccccc3)cc2)[C@@H]1O. The van der Waals surface area contributed by atoms with Crippen molar-refractivity contribution >= 4 is 11.6 Å². The van der Waals surface area contributed by atoms with Crippen LogP contribution in [0.5, 0.6) is 11.5 Å². The van der Waals surface area contributed by atoms with Gasteiger partial charge in [-0.3, -0.25) is 0 Å². The summed E-state index contributed by atoms with van der Waals surface area (Å²) in [6.45, 7) is 4.00. The van der Waals surface area contributed by atoms with Crippen molar-refractivity contribution < 1.29 is 14.6 Å². The highest BCUT2D eigenvalue weighted by Gasteiger charge is 2.43. The fourth-order valence-electron chi connectivity index (χ4n) is 3.83. The highest BCUT2D eigenvalue weighted by molar-refractivity contribution is 5.94. The van der Waals surface area contributed by atoms with E-state index >= 15 is 0 Å². The van der Waals surface area contributed by atoms with Crippen LogP contribution in [-0.4, -0.2) is 22.8 Å². The molecule has 0 spiro atoms. The third-order valence-electron chi connectivity index (χ3n) is 5.69. The molecule has 0 unspecified atom stereocenters. The van der Waals surface area contributed by atoms with Gasteiger partial charge in [-0.05, 0) is 61.9 Å². The summed E-state index contributed by atoms with van der Waals surface area (Å²) in [5.41, 5.74) is 1.87. The van der Waals surface area contributed by atoms with E-state index in [2.05, 4.69) is 21.7 Å². The van der Waals surface area contributed by atoms with E-state index in [1.807, 2.05) is 42.5 Å². The lowest BCUT2D eigenvalue weighted by atomic mass is 9.86. The molecule has 2 atom stereocenters. The van der Waals surface area contributed by atoms with Crippen molar-refractivity contribution in [1.29, 1.82) is 10.5 Å². The van der Waals surface area contributed by atoms with Gasteiger partial charge in [-0.1, -0.05) is 30.3 Å². The fraction of sp³-hybridized carbons (Fsp3) is 0.222. The number of nitriles is 2. The smallest absolute Gasteiger partial charge is 0.212 e. The van der Waals surface area contributed by atoms with E-state index in [1.165, 1.54) is 0 Å². The van der Waals surface area contributed by atoms with Crippen molar-refractivity contribution in [3.05, 3.63) is 89.5 Å². The largest absolute Gasteiger partial charge is 0.489 e. The van der Waals surface area contributed by atoms with E-state index in [0.29, 0.717) is 34.9 Å². The number of anilines is 1. The second-order valence-corrected chi connectivity index (χ2v) is 8.62. The molecule has 35 heavy (non-hydrogen) atoms. The van der Waals surface area contributed by atoms with E-state index < -0.39 is 17.7 Å². The summed E-state index contributed by atoms with van der Waals surface area (Å²) >= 11 is 0. The number of aliphatic hydroxyl groups is 1. The number of ether oxygens (including phenoxy) is 2. The van der Waals surface area contributed by atoms with Gasteiger partial charge < -0.3 is 25.2 Å². The summed E-state index contributed by atoms with van der Waals surface area (Å²) < 4.78 is 11.8. The maximum atomic E-state index is 11.0. The molecule has 176 valence electrons. The summed E-state index contributed by atoms with van der Waals surface area (Å²) in [5.74, 6) is 1.40. The fourth-order valence-corrected chi connectivity index (χ4v) is 3.83. The summed E-state index contributed by atoms with van der Waals surface area (Å²) in [5, 5.41) is 35.8. The molecular formula is C27H25N5O3. The van der Waals surface area contributed by atoms with Gasteiger partial charge in [-0.25, -0.2) is 0 Å². The molecule has 8 heteroatoms. The van der Waals surface area contributed by atoms with Crippen LogP contribution < -0.4 is 20.1 Å². The molecule has 0 bridgehead atoms. The topological polar surface area (TPSA) is 123 Å². The predicted molar refractivity (Wildman–Crippen MR) is 132 cm³/mol.